The number of aromatic nitrogens is 1. The molecule has 0 aliphatic carbocycles. The molecule has 5 nitrogen and oxygen atoms in total. The van der Waals surface area contributed by atoms with Gasteiger partial charge in [-0.1, -0.05) is 18.2 Å². The Kier molecular flexibility index (Phi) is 5.27. The van der Waals surface area contributed by atoms with Gasteiger partial charge in [-0.2, -0.15) is 0 Å². The average Bonchev–Trinajstić information content (AvgIpc) is 2.98. The highest BCUT2D eigenvalue weighted by Crippen LogP contribution is 2.39. The largest absolute Gasteiger partial charge is 0.487 e. The highest BCUT2D eigenvalue weighted by molar-refractivity contribution is 7.11. The zero-order valence-electron chi connectivity index (χ0n) is 15.3. The van der Waals surface area contributed by atoms with E-state index in [1.54, 1.807) is 18.4 Å². The number of nitrogens with one attached hydrogen (secondary N) is 2. The summed E-state index contributed by atoms with van der Waals surface area (Å²) in [6, 6.07) is 8.39. The summed E-state index contributed by atoms with van der Waals surface area (Å²) in [6.07, 6.45) is 3.71. The van der Waals surface area contributed by atoms with Crippen molar-refractivity contribution < 1.29 is 4.74 Å². The number of benzene rings is 1. The Hall–Kier alpha value is -2.08. The van der Waals surface area contributed by atoms with Crippen LogP contribution >= 0.6 is 11.3 Å². The highest BCUT2D eigenvalue weighted by Gasteiger charge is 2.33. The van der Waals surface area contributed by atoms with Crippen molar-refractivity contribution in [3.8, 4) is 5.75 Å². The number of hydrogen-bond acceptors (Lipinski definition) is 4. The summed E-state index contributed by atoms with van der Waals surface area (Å²) in [6.45, 7) is 7.14. The smallest absolute Gasteiger partial charge is 0.191 e. The lowest BCUT2D eigenvalue weighted by atomic mass is 9.90. The van der Waals surface area contributed by atoms with Crippen molar-refractivity contribution >= 4 is 17.3 Å². The van der Waals surface area contributed by atoms with Crippen LogP contribution in [-0.2, 0) is 6.42 Å². The van der Waals surface area contributed by atoms with Crippen molar-refractivity contribution in [1.29, 1.82) is 0 Å². The van der Waals surface area contributed by atoms with Crippen LogP contribution in [0.2, 0.25) is 0 Å². The van der Waals surface area contributed by atoms with Crippen LogP contribution in [0.1, 0.15) is 41.8 Å². The minimum atomic E-state index is -0.205. The molecule has 2 aromatic rings. The van der Waals surface area contributed by atoms with Gasteiger partial charge in [-0.3, -0.25) is 4.99 Å². The Balaban J connectivity index is 1.63. The van der Waals surface area contributed by atoms with Crippen LogP contribution in [0.5, 0.6) is 5.75 Å². The van der Waals surface area contributed by atoms with Crippen molar-refractivity contribution in [2.24, 2.45) is 4.99 Å². The van der Waals surface area contributed by atoms with Crippen LogP contribution in [0.3, 0.4) is 0 Å². The summed E-state index contributed by atoms with van der Waals surface area (Å²) < 4.78 is 6.10. The van der Waals surface area contributed by atoms with Crippen molar-refractivity contribution in [2.45, 2.75) is 45.3 Å². The van der Waals surface area contributed by atoms with Gasteiger partial charge in [-0.05, 0) is 26.8 Å². The molecule has 0 saturated carbocycles. The van der Waals surface area contributed by atoms with Gasteiger partial charge >= 0.3 is 0 Å². The lowest BCUT2D eigenvalue weighted by molar-refractivity contribution is 0.0694. The Morgan fingerprint density at radius 1 is 1.40 bits per heavy atom. The molecule has 0 saturated heterocycles. The molecule has 1 aliphatic rings. The van der Waals surface area contributed by atoms with E-state index in [-0.39, 0.29) is 11.6 Å². The first kappa shape index (κ1) is 17.7. The quantitative estimate of drug-likeness (QED) is 0.649. The van der Waals surface area contributed by atoms with E-state index < -0.39 is 0 Å². The molecule has 1 aromatic carbocycles. The van der Waals surface area contributed by atoms with E-state index in [4.69, 9.17) is 4.74 Å². The number of aliphatic imine (C=N–C) groups is 1. The molecule has 6 heteroatoms. The number of rotatable bonds is 4. The summed E-state index contributed by atoms with van der Waals surface area (Å²) in [5.74, 6) is 1.76. The highest BCUT2D eigenvalue weighted by atomic mass is 32.1. The van der Waals surface area contributed by atoms with Gasteiger partial charge in [0, 0.05) is 43.1 Å². The van der Waals surface area contributed by atoms with Gasteiger partial charge in [0.1, 0.15) is 11.4 Å². The monoisotopic (exact) mass is 358 g/mol. The van der Waals surface area contributed by atoms with E-state index in [0.717, 1.165) is 36.1 Å². The predicted octanol–water partition coefficient (Wildman–Crippen LogP) is 3.46. The van der Waals surface area contributed by atoms with E-state index in [2.05, 4.69) is 53.5 Å². The third-order valence-corrected chi connectivity index (χ3v) is 5.18. The Morgan fingerprint density at radius 3 is 2.92 bits per heavy atom. The van der Waals surface area contributed by atoms with Crippen LogP contribution in [0, 0.1) is 6.92 Å². The fraction of sp³-hybridized carbons (Fsp3) is 0.474. The number of fused-ring (bicyclic) bond motifs is 1. The fourth-order valence-electron chi connectivity index (χ4n) is 3.10. The molecular weight excluding hydrogens is 332 g/mol. The van der Waals surface area contributed by atoms with Gasteiger partial charge in [0.15, 0.2) is 5.96 Å². The second-order valence-electron chi connectivity index (χ2n) is 6.91. The predicted molar refractivity (Wildman–Crippen MR) is 104 cm³/mol. The van der Waals surface area contributed by atoms with E-state index >= 15 is 0 Å². The lowest BCUT2D eigenvalue weighted by Gasteiger charge is -2.38. The molecule has 25 heavy (non-hydrogen) atoms. The van der Waals surface area contributed by atoms with Gasteiger partial charge < -0.3 is 15.4 Å². The van der Waals surface area contributed by atoms with Crippen molar-refractivity contribution in [3.05, 3.63) is 45.9 Å². The van der Waals surface area contributed by atoms with E-state index in [0.29, 0.717) is 0 Å². The second kappa shape index (κ2) is 7.44. The molecule has 1 aliphatic heterocycles. The minimum Gasteiger partial charge on any atom is -0.487 e. The van der Waals surface area contributed by atoms with Gasteiger partial charge in [0.25, 0.3) is 0 Å². The van der Waals surface area contributed by atoms with E-state index in [1.807, 2.05) is 18.3 Å². The molecule has 0 radical (unpaired) electrons. The third kappa shape index (κ3) is 4.51. The Morgan fingerprint density at radius 2 is 2.20 bits per heavy atom. The molecule has 3 rings (SSSR count). The van der Waals surface area contributed by atoms with Crippen LogP contribution in [-0.4, -0.2) is 30.1 Å². The molecule has 0 bridgehead atoms. The second-order valence-corrected chi connectivity index (χ2v) is 8.23. The van der Waals surface area contributed by atoms with Crippen LogP contribution in [0.4, 0.5) is 0 Å². The van der Waals surface area contributed by atoms with E-state index in [9.17, 15) is 0 Å². The van der Waals surface area contributed by atoms with Crippen molar-refractivity contribution in [3.63, 3.8) is 0 Å². The number of nitrogens with zero attached hydrogens (tertiary/aromatic N) is 2. The third-order valence-electron chi connectivity index (χ3n) is 4.21. The van der Waals surface area contributed by atoms with Crippen LogP contribution < -0.4 is 15.4 Å². The minimum absolute atomic E-state index is 0.174. The maximum absolute atomic E-state index is 6.10. The first-order valence-corrected chi connectivity index (χ1v) is 9.45. The Labute approximate surface area is 153 Å². The number of hydrogen-bond donors (Lipinski definition) is 2. The van der Waals surface area contributed by atoms with Gasteiger partial charge in [0.2, 0.25) is 0 Å². The van der Waals surface area contributed by atoms with Crippen molar-refractivity contribution in [1.82, 2.24) is 15.6 Å². The molecule has 1 unspecified atom stereocenters. The average molecular weight is 359 g/mol. The molecule has 0 spiro atoms. The molecule has 134 valence electrons. The van der Waals surface area contributed by atoms with Crippen molar-refractivity contribution in [2.75, 3.05) is 13.6 Å². The zero-order valence-corrected chi connectivity index (χ0v) is 16.1. The summed E-state index contributed by atoms with van der Waals surface area (Å²) in [5, 5.41) is 8.10. The maximum Gasteiger partial charge on any atom is 0.191 e. The molecule has 2 heterocycles. The molecular formula is C19H26N4OS. The lowest BCUT2D eigenvalue weighted by Crippen LogP contribution is -2.45. The van der Waals surface area contributed by atoms with Gasteiger partial charge in [-0.25, -0.2) is 4.98 Å². The summed E-state index contributed by atoms with van der Waals surface area (Å²) in [7, 11) is 1.80. The molecule has 2 N–H and O–H groups in total. The normalized spacial score (nSPS) is 19.0. The molecule has 1 aromatic heterocycles. The molecule has 1 atom stereocenters. The number of para-hydroxylation sites is 1. The number of thiazole rings is 1. The first-order chi connectivity index (χ1) is 12.0. The topological polar surface area (TPSA) is 58.5 Å². The molecule has 0 amide bonds. The van der Waals surface area contributed by atoms with Crippen LogP contribution in [0.15, 0.2) is 35.5 Å². The van der Waals surface area contributed by atoms with Crippen LogP contribution in [0.25, 0.3) is 0 Å². The first-order valence-electron chi connectivity index (χ1n) is 8.63. The number of aryl methyl sites for hydroxylation is 1. The van der Waals surface area contributed by atoms with Gasteiger partial charge in [-0.15, -0.1) is 11.3 Å². The number of guanidine groups is 1. The summed E-state index contributed by atoms with van der Waals surface area (Å²) in [5.41, 5.74) is 0.976. The standard InChI is InChI=1S/C19H26N4OS/c1-13-12-22-17(25-13)9-10-21-18(20-4)23-15-11-19(2,3)24-16-8-6-5-7-14(15)16/h5-8,12,15H,9-11H2,1-4H3,(H2,20,21,23). The Bertz CT molecular complexity index is 753. The van der Waals surface area contributed by atoms with Gasteiger partial charge in [0.05, 0.1) is 11.0 Å². The summed E-state index contributed by atoms with van der Waals surface area (Å²) in [4.78, 5) is 10.0. The summed E-state index contributed by atoms with van der Waals surface area (Å²) >= 11 is 1.75. The number of ether oxygens (including phenoxy) is 1. The maximum atomic E-state index is 6.10. The van der Waals surface area contributed by atoms with E-state index in [1.165, 1.54) is 10.4 Å². The molecule has 0 fully saturated rings. The fourth-order valence-corrected chi connectivity index (χ4v) is 3.88. The zero-order chi connectivity index (χ0) is 17.9. The SMILES string of the molecule is CN=C(NCCc1ncc(C)s1)NC1CC(C)(C)Oc2ccccc21.